The highest BCUT2D eigenvalue weighted by atomic mass is 19.3. The highest BCUT2D eigenvalue weighted by molar-refractivity contribution is 6.25. The number of amides is 3. The maximum absolute atomic E-state index is 13.4. The number of aryl methyl sites for hydroxylation is 1. The van der Waals surface area contributed by atoms with Crippen molar-refractivity contribution in [2.24, 2.45) is 5.41 Å². The summed E-state index contributed by atoms with van der Waals surface area (Å²) in [5.74, 6) is -3.60. The van der Waals surface area contributed by atoms with Gasteiger partial charge in [0.25, 0.3) is 11.8 Å². The molecule has 2 aromatic carbocycles. The molecule has 2 aromatic rings. The minimum atomic E-state index is -2.46. The molecule has 1 saturated carbocycles. The molecule has 3 fully saturated rings. The number of anilines is 1. The number of carbonyl (C=O) groups excluding carboxylic acids is 3. The molecule has 1 spiro atoms. The molecule has 0 radical (unpaired) electrons. The Morgan fingerprint density at radius 3 is 2.51 bits per heavy atom. The molecule has 0 bridgehead atoms. The highest BCUT2D eigenvalue weighted by Crippen LogP contribution is 2.57. The summed E-state index contributed by atoms with van der Waals surface area (Å²) in [5, 5.41) is 6.09. The molecule has 4 aliphatic rings. The van der Waals surface area contributed by atoms with Crippen molar-refractivity contribution in [1.82, 2.24) is 15.1 Å². The number of likely N-dealkylation sites (tertiary alicyclic amines) is 1. The van der Waals surface area contributed by atoms with Crippen LogP contribution in [-0.2, 0) is 17.9 Å². The molecule has 1 aliphatic carbocycles. The Morgan fingerprint density at radius 2 is 1.82 bits per heavy atom. The van der Waals surface area contributed by atoms with Crippen LogP contribution in [0.4, 0.5) is 14.5 Å². The molecule has 3 heterocycles. The summed E-state index contributed by atoms with van der Waals surface area (Å²) in [6, 6.07) is 10.7. The van der Waals surface area contributed by atoms with Gasteiger partial charge in [-0.2, -0.15) is 0 Å². The van der Waals surface area contributed by atoms with Crippen LogP contribution in [0.1, 0.15) is 75.9 Å². The fourth-order valence-corrected chi connectivity index (χ4v) is 6.80. The van der Waals surface area contributed by atoms with Gasteiger partial charge in [0.2, 0.25) is 11.8 Å². The molecule has 9 heteroatoms. The largest absolute Gasteiger partial charge is 0.380 e. The van der Waals surface area contributed by atoms with Crippen LogP contribution >= 0.6 is 0 Å². The lowest BCUT2D eigenvalue weighted by molar-refractivity contribution is -0.178. The standard InChI is InChI=1S/C30H34F2N4O3/c1-19-14-20(7-8-21(19)16-35-12-9-29(10-13-35)17-30(31,32)18-29)15-34-23-5-2-4-22-25(23)28(39)36(27(22)38)24-6-3-11-33-26(24)37/h2,4-5,7-8,14,24,34H,3,6,9-13,15-18H2,1H3,(H,33,37). The van der Waals surface area contributed by atoms with Crippen LogP contribution in [-0.4, -0.2) is 59.1 Å². The number of hydrogen-bond acceptors (Lipinski definition) is 5. The number of fused-ring (bicyclic) bond motifs is 1. The van der Waals surface area contributed by atoms with Crippen molar-refractivity contribution in [2.75, 3.05) is 25.0 Å². The van der Waals surface area contributed by atoms with Crippen LogP contribution in [0.3, 0.4) is 0 Å². The second-order valence-corrected chi connectivity index (χ2v) is 11.8. The van der Waals surface area contributed by atoms with Gasteiger partial charge in [0.05, 0.1) is 11.1 Å². The lowest BCUT2D eigenvalue weighted by Gasteiger charge is -2.51. The zero-order valence-electron chi connectivity index (χ0n) is 22.2. The van der Waals surface area contributed by atoms with Crippen molar-refractivity contribution in [2.45, 2.75) is 70.5 Å². The first-order valence-corrected chi connectivity index (χ1v) is 13.9. The van der Waals surface area contributed by atoms with Gasteiger partial charge in [0.1, 0.15) is 6.04 Å². The van der Waals surface area contributed by atoms with E-state index in [0.29, 0.717) is 36.3 Å². The quantitative estimate of drug-likeness (QED) is 0.532. The monoisotopic (exact) mass is 536 g/mol. The van der Waals surface area contributed by atoms with E-state index in [2.05, 4.69) is 40.7 Å². The highest BCUT2D eigenvalue weighted by Gasteiger charge is 2.56. The third-order valence-corrected chi connectivity index (χ3v) is 8.98. The SMILES string of the molecule is Cc1cc(CNc2cccc3c2C(=O)N(C2CCCNC2=O)C3=O)ccc1CN1CCC2(CC1)CC(F)(F)C2. The van der Waals surface area contributed by atoms with Crippen molar-refractivity contribution in [3.63, 3.8) is 0 Å². The Hall–Kier alpha value is -3.33. The Kier molecular flexibility index (Phi) is 6.44. The molecular formula is C30H34F2N4O3. The molecule has 1 atom stereocenters. The molecule has 7 nitrogen and oxygen atoms in total. The number of nitrogens with zero attached hydrogens (tertiary/aromatic N) is 2. The minimum absolute atomic E-state index is 0.0485. The molecule has 0 aromatic heterocycles. The summed E-state index contributed by atoms with van der Waals surface area (Å²) >= 11 is 0. The first-order chi connectivity index (χ1) is 18.6. The smallest absolute Gasteiger partial charge is 0.264 e. The number of piperidine rings is 2. The van der Waals surface area contributed by atoms with Crippen molar-refractivity contribution >= 4 is 23.4 Å². The molecule has 39 heavy (non-hydrogen) atoms. The van der Waals surface area contributed by atoms with Crippen LogP contribution in [0, 0.1) is 12.3 Å². The zero-order chi connectivity index (χ0) is 27.4. The summed E-state index contributed by atoms with van der Waals surface area (Å²) in [6.07, 6.45) is 2.98. The van der Waals surface area contributed by atoms with E-state index in [0.717, 1.165) is 54.9 Å². The van der Waals surface area contributed by atoms with Crippen molar-refractivity contribution in [1.29, 1.82) is 0 Å². The predicted octanol–water partition coefficient (Wildman–Crippen LogP) is 4.49. The van der Waals surface area contributed by atoms with E-state index in [-0.39, 0.29) is 24.2 Å². The third-order valence-electron chi connectivity index (χ3n) is 8.98. The first kappa shape index (κ1) is 25.9. The van der Waals surface area contributed by atoms with Gasteiger partial charge < -0.3 is 10.6 Å². The fraction of sp³-hybridized carbons (Fsp3) is 0.500. The van der Waals surface area contributed by atoms with Gasteiger partial charge in [-0.05, 0) is 79.9 Å². The van der Waals surface area contributed by atoms with E-state index < -0.39 is 23.8 Å². The van der Waals surface area contributed by atoms with Crippen LogP contribution < -0.4 is 10.6 Å². The van der Waals surface area contributed by atoms with Gasteiger partial charge in [-0.1, -0.05) is 24.3 Å². The lowest BCUT2D eigenvalue weighted by Crippen LogP contribution is -2.52. The first-order valence-electron chi connectivity index (χ1n) is 13.9. The maximum Gasteiger partial charge on any atom is 0.264 e. The number of rotatable bonds is 6. The Bertz CT molecular complexity index is 1330. The van der Waals surface area contributed by atoms with Gasteiger partial charge in [-0.15, -0.1) is 0 Å². The van der Waals surface area contributed by atoms with Crippen molar-refractivity contribution < 1.29 is 23.2 Å². The van der Waals surface area contributed by atoms with Gasteiger partial charge >= 0.3 is 0 Å². The second kappa shape index (κ2) is 9.70. The predicted molar refractivity (Wildman–Crippen MR) is 143 cm³/mol. The van der Waals surface area contributed by atoms with E-state index in [4.69, 9.17) is 0 Å². The third kappa shape index (κ3) is 4.81. The second-order valence-electron chi connectivity index (χ2n) is 11.8. The Balaban J connectivity index is 1.09. The molecule has 2 N–H and O–H groups in total. The van der Waals surface area contributed by atoms with Crippen LogP contribution in [0.2, 0.25) is 0 Å². The van der Waals surface area contributed by atoms with Crippen LogP contribution in [0.5, 0.6) is 0 Å². The van der Waals surface area contributed by atoms with Crippen molar-refractivity contribution in [3.05, 3.63) is 64.2 Å². The van der Waals surface area contributed by atoms with Crippen LogP contribution in [0.15, 0.2) is 36.4 Å². The maximum atomic E-state index is 13.4. The summed E-state index contributed by atoms with van der Waals surface area (Å²) in [5.41, 5.74) is 4.50. The molecule has 1 unspecified atom stereocenters. The molecule has 2 saturated heterocycles. The Labute approximate surface area is 226 Å². The van der Waals surface area contributed by atoms with Gasteiger partial charge in [0, 0.05) is 38.2 Å². The van der Waals surface area contributed by atoms with E-state index in [1.165, 1.54) is 5.56 Å². The normalized spacial score (nSPS) is 23.9. The average Bonchev–Trinajstić information content (AvgIpc) is 3.15. The Morgan fingerprint density at radius 1 is 1.05 bits per heavy atom. The van der Waals surface area contributed by atoms with Gasteiger partial charge in [0.15, 0.2) is 0 Å². The number of halogens is 2. The molecule has 3 amide bonds. The number of alkyl halides is 2. The van der Waals surface area contributed by atoms with Gasteiger partial charge in [-0.25, -0.2) is 8.78 Å². The van der Waals surface area contributed by atoms with Crippen LogP contribution in [0.25, 0.3) is 0 Å². The summed E-state index contributed by atoms with van der Waals surface area (Å²) in [7, 11) is 0. The van der Waals surface area contributed by atoms with E-state index in [1.54, 1.807) is 18.2 Å². The molecule has 3 aliphatic heterocycles. The summed E-state index contributed by atoms with van der Waals surface area (Å²) in [4.78, 5) is 42.2. The topological polar surface area (TPSA) is 81.8 Å². The van der Waals surface area contributed by atoms with Crippen molar-refractivity contribution in [3.8, 4) is 0 Å². The molecular weight excluding hydrogens is 502 g/mol. The molecule has 206 valence electrons. The number of imide groups is 1. The average molecular weight is 537 g/mol. The zero-order valence-corrected chi connectivity index (χ0v) is 22.2. The number of benzene rings is 2. The van der Waals surface area contributed by atoms with E-state index >= 15 is 0 Å². The number of carbonyl (C=O) groups is 3. The molecule has 6 rings (SSSR count). The van der Waals surface area contributed by atoms with E-state index in [1.807, 2.05) is 0 Å². The lowest BCUT2D eigenvalue weighted by atomic mass is 9.61. The number of hydrogen-bond donors (Lipinski definition) is 2. The summed E-state index contributed by atoms with van der Waals surface area (Å²) < 4.78 is 26.8. The summed E-state index contributed by atoms with van der Waals surface area (Å²) in [6.45, 7) is 5.62. The fourth-order valence-electron chi connectivity index (χ4n) is 6.80. The number of nitrogens with one attached hydrogen (secondary N) is 2. The van der Waals surface area contributed by atoms with Gasteiger partial charge in [-0.3, -0.25) is 24.2 Å². The minimum Gasteiger partial charge on any atom is -0.380 e. The van der Waals surface area contributed by atoms with E-state index in [9.17, 15) is 23.2 Å².